The summed E-state index contributed by atoms with van der Waals surface area (Å²) in [6, 6.07) is -0.262. The van der Waals surface area contributed by atoms with Gasteiger partial charge in [-0.3, -0.25) is 4.68 Å². The van der Waals surface area contributed by atoms with E-state index in [2.05, 4.69) is 9.82 Å². The van der Waals surface area contributed by atoms with E-state index in [9.17, 15) is 8.42 Å². The summed E-state index contributed by atoms with van der Waals surface area (Å²) in [6.07, 6.45) is 3.64. The van der Waals surface area contributed by atoms with E-state index >= 15 is 0 Å². The molecule has 0 saturated carbocycles. The third-order valence-corrected chi connectivity index (χ3v) is 4.57. The summed E-state index contributed by atoms with van der Waals surface area (Å²) < 4.78 is 34.3. The first-order valence-electron chi connectivity index (χ1n) is 7.23. The highest BCUT2D eigenvalue weighted by atomic mass is 32.2. The molecule has 0 fully saturated rings. The van der Waals surface area contributed by atoms with Crippen LogP contribution in [0.2, 0.25) is 0 Å². The summed E-state index contributed by atoms with van der Waals surface area (Å²) >= 11 is 0. The number of nitrogens with two attached hydrogens (primary N) is 1. The zero-order valence-corrected chi connectivity index (χ0v) is 13.8. The van der Waals surface area contributed by atoms with Gasteiger partial charge in [-0.05, 0) is 25.8 Å². The topological polar surface area (TPSA) is 99.2 Å². The van der Waals surface area contributed by atoms with Crippen molar-refractivity contribution in [1.29, 1.82) is 0 Å². The van der Waals surface area contributed by atoms with Gasteiger partial charge >= 0.3 is 0 Å². The lowest BCUT2D eigenvalue weighted by Crippen LogP contribution is -2.41. The zero-order chi connectivity index (χ0) is 15.9. The largest absolute Gasteiger partial charge is 0.380 e. The first-order chi connectivity index (χ1) is 9.90. The summed E-state index contributed by atoms with van der Waals surface area (Å²) in [6.45, 7) is 7.86. The van der Waals surface area contributed by atoms with Crippen molar-refractivity contribution in [2.75, 3.05) is 19.8 Å². The lowest BCUT2D eigenvalue weighted by molar-refractivity contribution is 0.116. The fraction of sp³-hybridized carbons (Fsp3) is 0.769. The minimum absolute atomic E-state index is 0.138. The molecule has 0 aliphatic rings. The normalized spacial score (nSPS) is 13.8. The maximum Gasteiger partial charge on any atom is 0.244 e. The van der Waals surface area contributed by atoms with Gasteiger partial charge in [-0.2, -0.15) is 5.10 Å². The van der Waals surface area contributed by atoms with Gasteiger partial charge in [0.2, 0.25) is 10.0 Å². The maximum absolute atomic E-state index is 12.4. The Labute approximate surface area is 126 Å². The smallest absolute Gasteiger partial charge is 0.244 e. The highest BCUT2D eigenvalue weighted by molar-refractivity contribution is 7.89. The Morgan fingerprint density at radius 1 is 1.48 bits per heavy atom. The molecule has 0 radical (unpaired) electrons. The molecule has 0 spiro atoms. The van der Waals surface area contributed by atoms with Crippen LogP contribution in [0.1, 0.15) is 27.2 Å². The molecule has 3 N–H and O–H groups in total. The van der Waals surface area contributed by atoms with Crippen molar-refractivity contribution in [3.05, 3.63) is 12.4 Å². The lowest BCUT2D eigenvalue weighted by Gasteiger charge is -2.21. The molecule has 1 atom stereocenters. The monoisotopic (exact) mass is 318 g/mol. The average molecular weight is 318 g/mol. The van der Waals surface area contributed by atoms with Crippen LogP contribution in [-0.2, 0) is 21.3 Å². The van der Waals surface area contributed by atoms with Crippen molar-refractivity contribution in [3.63, 3.8) is 0 Å². The second-order valence-corrected chi connectivity index (χ2v) is 6.93. The van der Waals surface area contributed by atoms with Gasteiger partial charge < -0.3 is 10.5 Å². The number of sulfonamides is 1. The maximum atomic E-state index is 12.4. The summed E-state index contributed by atoms with van der Waals surface area (Å²) in [5, 5.41) is 4.04. The van der Waals surface area contributed by atoms with Crippen LogP contribution in [0.25, 0.3) is 0 Å². The molecular weight excluding hydrogens is 292 g/mol. The molecule has 7 nitrogen and oxygen atoms in total. The van der Waals surface area contributed by atoms with Gasteiger partial charge in [-0.1, -0.05) is 13.8 Å². The summed E-state index contributed by atoms with van der Waals surface area (Å²) in [7, 11) is -3.58. The van der Waals surface area contributed by atoms with E-state index in [1.807, 2.05) is 20.8 Å². The number of ether oxygens (including phenoxy) is 1. The zero-order valence-electron chi connectivity index (χ0n) is 12.9. The van der Waals surface area contributed by atoms with Gasteiger partial charge in [0.1, 0.15) is 4.90 Å². The number of aryl methyl sites for hydroxylation is 1. The molecule has 1 unspecified atom stereocenters. The van der Waals surface area contributed by atoms with Crippen LogP contribution >= 0.6 is 0 Å². The molecule has 0 aliphatic heterocycles. The molecule has 1 aromatic rings. The number of aromatic nitrogens is 2. The van der Waals surface area contributed by atoms with E-state index in [4.69, 9.17) is 10.5 Å². The van der Waals surface area contributed by atoms with Crippen LogP contribution in [0.5, 0.6) is 0 Å². The molecular formula is C13H26N4O3S. The highest BCUT2D eigenvalue weighted by Crippen LogP contribution is 2.11. The Bertz CT molecular complexity index is 513. The minimum Gasteiger partial charge on any atom is -0.380 e. The quantitative estimate of drug-likeness (QED) is 0.657. The van der Waals surface area contributed by atoms with Crippen LogP contribution in [0.3, 0.4) is 0 Å². The van der Waals surface area contributed by atoms with Crippen LogP contribution in [0.15, 0.2) is 17.3 Å². The second kappa shape index (κ2) is 8.47. The number of rotatable bonds is 10. The first-order valence-corrected chi connectivity index (χ1v) is 8.71. The van der Waals surface area contributed by atoms with Gasteiger partial charge in [-0.15, -0.1) is 0 Å². The third kappa shape index (κ3) is 5.74. The fourth-order valence-corrected chi connectivity index (χ4v) is 3.05. The summed E-state index contributed by atoms with van der Waals surface area (Å²) in [5.74, 6) is 0.138. The van der Waals surface area contributed by atoms with Crippen LogP contribution in [0.4, 0.5) is 0 Å². The van der Waals surface area contributed by atoms with Crippen molar-refractivity contribution in [2.24, 2.45) is 11.7 Å². The van der Waals surface area contributed by atoms with Gasteiger partial charge in [0.15, 0.2) is 0 Å². The molecule has 1 rings (SSSR count). The van der Waals surface area contributed by atoms with Crippen LogP contribution in [0, 0.1) is 5.92 Å². The van der Waals surface area contributed by atoms with Crippen molar-refractivity contribution >= 4 is 10.0 Å². The molecule has 0 aliphatic carbocycles. The fourth-order valence-electron chi connectivity index (χ4n) is 1.73. The Kier molecular flexibility index (Phi) is 7.30. The van der Waals surface area contributed by atoms with E-state index in [1.54, 1.807) is 4.68 Å². The van der Waals surface area contributed by atoms with E-state index in [-0.39, 0.29) is 16.9 Å². The Morgan fingerprint density at radius 2 is 2.19 bits per heavy atom. The SMILES string of the molecule is CCOCC(NS(=O)(=O)c1cnn(CCCN)c1)C(C)C. The predicted molar refractivity (Wildman–Crippen MR) is 81.3 cm³/mol. The standard InChI is InChI=1S/C13H26N4O3S/c1-4-20-10-13(11(2)3)16-21(18,19)12-8-15-17(9-12)7-5-6-14/h8-9,11,13,16H,4-7,10,14H2,1-3H3. The van der Waals surface area contributed by atoms with Crippen molar-refractivity contribution in [1.82, 2.24) is 14.5 Å². The molecule has 1 heterocycles. The van der Waals surface area contributed by atoms with Gasteiger partial charge in [0, 0.05) is 25.4 Å². The molecule has 0 amide bonds. The Hall–Kier alpha value is -0.960. The van der Waals surface area contributed by atoms with Crippen molar-refractivity contribution in [3.8, 4) is 0 Å². The molecule has 8 heteroatoms. The third-order valence-electron chi connectivity index (χ3n) is 3.12. The molecule has 0 saturated heterocycles. The van der Waals surface area contributed by atoms with E-state index in [1.165, 1.54) is 12.4 Å². The van der Waals surface area contributed by atoms with Crippen LogP contribution in [-0.4, -0.2) is 44.0 Å². The van der Waals surface area contributed by atoms with Gasteiger partial charge in [0.05, 0.1) is 12.8 Å². The summed E-state index contributed by atoms with van der Waals surface area (Å²) in [4.78, 5) is 0.168. The van der Waals surface area contributed by atoms with E-state index in [0.717, 1.165) is 6.42 Å². The summed E-state index contributed by atoms with van der Waals surface area (Å²) in [5.41, 5.74) is 5.43. The number of nitrogens with zero attached hydrogens (tertiary/aromatic N) is 2. The average Bonchev–Trinajstić information content (AvgIpc) is 2.90. The van der Waals surface area contributed by atoms with Crippen molar-refractivity contribution in [2.45, 2.75) is 44.7 Å². The molecule has 21 heavy (non-hydrogen) atoms. The van der Waals surface area contributed by atoms with E-state index in [0.29, 0.717) is 26.3 Å². The van der Waals surface area contributed by atoms with Gasteiger partial charge in [0.25, 0.3) is 0 Å². The highest BCUT2D eigenvalue weighted by Gasteiger charge is 2.23. The van der Waals surface area contributed by atoms with Crippen molar-refractivity contribution < 1.29 is 13.2 Å². The number of hydrogen-bond acceptors (Lipinski definition) is 5. The lowest BCUT2D eigenvalue weighted by atomic mass is 10.1. The molecule has 122 valence electrons. The second-order valence-electron chi connectivity index (χ2n) is 5.21. The molecule has 1 aromatic heterocycles. The first kappa shape index (κ1) is 18.1. The van der Waals surface area contributed by atoms with Crippen LogP contribution < -0.4 is 10.5 Å². The minimum atomic E-state index is -3.58. The molecule has 0 bridgehead atoms. The Morgan fingerprint density at radius 3 is 2.76 bits per heavy atom. The number of nitrogens with one attached hydrogen (secondary N) is 1. The van der Waals surface area contributed by atoms with E-state index < -0.39 is 10.0 Å². The van der Waals surface area contributed by atoms with Gasteiger partial charge in [-0.25, -0.2) is 13.1 Å². The Balaban J connectivity index is 2.76. The molecule has 0 aromatic carbocycles. The number of hydrogen-bond donors (Lipinski definition) is 2. The predicted octanol–water partition coefficient (Wildman–Crippen LogP) is 0.571.